The topological polar surface area (TPSA) is 40.5 Å². The first-order valence-corrected chi connectivity index (χ1v) is 10.5. The summed E-state index contributed by atoms with van der Waals surface area (Å²) in [5.74, 6) is 0. The number of likely N-dealkylation sites (N-methyl/N-ethyl adjacent to an activating group) is 1. The monoisotopic (exact) mass is 379 g/mol. The Morgan fingerprint density at radius 2 is 1.04 bits per heavy atom. The van der Waals surface area contributed by atoms with Crippen LogP contribution in [0.4, 0.5) is 0 Å². The average Bonchev–Trinajstić information content (AvgIpc) is 2.46. The van der Waals surface area contributed by atoms with Crippen molar-refractivity contribution in [1.82, 2.24) is 0 Å². The second-order valence-electron chi connectivity index (χ2n) is 8.69. The van der Waals surface area contributed by atoms with E-state index in [1.165, 1.54) is 70.6 Å². The van der Waals surface area contributed by atoms with E-state index >= 15 is 0 Å². The molecule has 0 aromatic rings. The van der Waals surface area contributed by atoms with Crippen molar-refractivity contribution in [2.75, 3.05) is 27.7 Å². The molecule has 3 nitrogen and oxygen atoms in total. The Labute approximate surface area is 164 Å². The number of unbranched alkanes of at least 4 members (excludes halogenated alkanes) is 11. The zero-order valence-corrected chi connectivity index (χ0v) is 18.2. The van der Waals surface area contributed by atoms with Crippen LogP contribution >= 0.6 is 0 Å². The van der Waals surface area contributed by atoms with Crippen LogP contribution in [0.15, 0.2) is 0 Å². The number of halogens is 1. The van der Waals surface area contributed by atoms with Crippen molar-refractivity contribution in [2.45, 2.75) is 109 Å². The van der Waals surface area contributed by atoms with Crippen LogP contribution in [0.5, 0.6) is 0 Å². The molecule has 0 heterocycles. The molecular formula is C21H46ClNO2. The minimum absolute atomic E-state index is 0. The Morgan fingerprint density at radius 3 is 1.44 bits per heavy atom. The van der Waals surface area contributed by atoms with E-state index in [4.69, 9.17) is 0 Å². The Balaban J connectivity index is 0. The Kier molecular flexibility index (Phi) is 19.3. The quantitative estimate of drug-likeness (QED) is 0.299. The summed E-state index contributed by atoms with van der Waals surface area (Å²) < 4.78 is 0.743. The summed E-state index contributed by atoms with van der Waals surface area (Å²) in [5, 5.41) is 20.0. The van der Waals surface area contributed by atoms with Crippen molar-refractivity contribution in [3.05, 3.63) is 0 Å². The van der Waals surface area contributed by atoms with Crippen LogP contribution < -0.4 is 12.4 Å². The highest BCUT2D eigenvalue weighted by molar-refractivity contribution is 4.63. The molecule has 0 amide bonds. The van der Waals surface area contributed by atoms with Crippen molar-refractivity contribution in [3.63, 3.8) is 0 Å². The highest BCUT2D eigenvalue weighted by Gasteiger charge is 2.18. The summed E-state index contributed by atoms with van der Waals surface area (Å²) in [6.07, 6.45) is 16.8. The summed E-state index contributed by atoms with van der Waals surface area (Å²) in [5.41, 5.74) is 0. The van der Waals surface area contributed by atoms with Gasteiger partial charge in [-0.2, -0.15) is 0 Å². The predicted octanol–water partition coefficient (Wildman–Crippen LogP) is 1.90. The molecule has 0 aliphatic heterocycles. The zero-order valence-electron chi connectivity index (χ0n) is 17.5. The molecule has 0 rings (SSSR count). The number of nitrogens with zero attached hydrogens (tertiary/aromatic N) is 1. The molecule has 0 radical (unpaired) electrons. The molecule has 0 spiro atoms. The van der Waals surface area contributed by atoms with E-state index in [-0.39, 0.29) is 18.5 Å². The van der Waals surface area contributed by atoms with E-state index < -0.39 is 6.10 Å². The SMILES string of the molecule is CCCCCCCCCCCCCCC(O)CC(O)C[N+](C)(C)C.[Cl-]. The average molecular weight is 380 g/mol. The van der Waals surface area contributed by atoms with Crippen LogP contribution in [0.3, 0.4) is 0 Å². The minimum atomic E-state index is -0.391. The number of hydrogen-bond acceptors (Lipinski definition) is 2. The van der Waals surface area contributed by atoms with Gasteiger partial charge in [-0.25, -0.2) is 0 Å². The van der Waals surface area contributed by atoms with Crippen LogP contribution in [-0.4, -0.2) is 54.6 Å². The third kappa shape index (κ3) is 22.1. The lowest BCUT2D eigenvalue weighted by atomic mass is 10.0. The fraction of sp³-hybridized carbons (Fsp3) is 1.00. The van der Waals surface area contributed by atoms with Gasteiger partial charge in [0.25, 0.3) is 0 Å². The summed E-state index contributed by atoms with van der Waals surface area (Å²) in [4.78, 5) is 0. The molecule has 0 aliphatic carbocycles. The van der Waals surface area contributed by atoms with Gasteiger partial charge in [-0.05, 0) is 6.42 Å². The molecule has 2 unspecified atom stereocenters. The second kappa shape index (κ2) is 17.6. The normalized spacial score (nSPS) is 14.2. The molecule has 0 aliphatic rings. The number of hydrogen-bond donors (Lipinski definition) is 2. The first kappa shape index (κ1) is 27.4. The van der Waals surface area contributed by atoms with E-state index in [1.807, 2.05) is 0 Å². The fourth-order valence-electron chi connectivity index (χ4n) is 3.36. The molecule has 0 saturated carbocycles. The summed E-state index contributed by atoms with van der Waals surface area (Å²) in [7, 11) is 6.21. The van der Waals surface area contributed by atoms with Crippen molar-refractivity contribution in [1.29, 1.82) is 0 Å². The standard InChI is InChI=1S/C21H46NO2.ClH/c1-5-6-7-8-9-10-11-12-13-14-15-16-17-20(23)18-21(24)19-22(2,3)4;/h20-21,23-24H,5-19H2,1-4H3;1H/q+1;/p-1. The van der Waals surface area contributed by atoms with Crippen LogP contribution in [0.25, 0.3) is 0 Å². The van der Waals surface area contributed by atoms with Crippen molar-refractivity contribution < 1.29 is 27.1 Å². The molecule has 25 heavy (non-hydrogen) atoms. The van der Waals surface area contributed by atoms with Gasteiger partial charge < -0.3 is 27.1 Å². The molecule has 0 aromatic heterocycles. The van der Waals surface area contributed by atoms with Crippen molar-refractivity contribution in [3.8, 4) is 0 Å². The first-order chi connectivity index (χ1) is 11.3. The van der Waals surface area contributed by atoms with Gasteiger partial charge >= 0.3 is 0 Å². The van der Waals surface area contributed by atoms with Gasteiger partial charge in [-0.15, -0.1) is 0 Å². The van der Waals surface area contributed by atoms with Crippen molar-refractivity contribution >= 4 is 0 Å². The highest BCUT2D eigenvalue weighted by atomic mass is 35.5. The van der Waals surface area contributed by atoms with Gasteiger partial charge in [0.15, 0.2) is 0 Å². The molecule has 0 aromatic carbocycles. The maximum absolute atomic E-state index is 10.0. The Morgan fingerprint density at radius 1 is 0.640 bits per heavy atom. The third-order valence-corrected chi connectivity index (χ3v) is 4.69. The van der Waals surface area contributed by atoms with Crippen LogP contribution in [0.1, 0.15) is 96.8 Å². The van der Waals surface area contributed by atoms with Gasteiger partial charge in [0, 0.05) is 6.42 Å². The van der Waals surface area contributed by atoms with Crippen LogP contribution in [0.2, 0.25) is 0 Å². The van der Waals surface area contributed by atoms with E-state index in [0.29, 0.717) is 13.0 Å². The minimum Gasteiger partial charge on any atom is -1.00 e. The summed E-state index contributed by atoms with van der Waals surface area (Å²) in [6, 6.07) is 0. The first-order valence-electron chi connectivity index (χ1n) is 10.5. The number of rotatable bonds is 17. The van der Waals surface area contributed by atoms with Crippen LogP contribution in [0, 0.1) is 0 Å². The van der Waals surface area contributed by atoms with Gasteiger partial charge in [0.05, 0.1) is 27.2 Å². The Bertz CT molecular complexity index is 269. The second-order valence-corrected chi connectivity index (χ2v) is 8.69. The third-order valence-electron chi connectivity index (χ3n) is 4.69. The van der Waals surface area contributed by atoms with E-state index in [0.717, 1.165) is 17.3 Å². The van der Waals surface area contributed by atoms with E-state index in [9.17, 15) is 10.2 Å². The van der Waals surface area contributed by atoms with Crippen LogP contribution in [-0.2, 0) is 0 Å². The van der Waals surface area contributed by atoms with Gasteiger partial charge in [0.1, 0.15) is 12.6 Å². The molecule has 0 fully saturated rings. The molecule has 2 N–H and O–H groups in total. The molecule has 2 atom stereocenters. The lowest BCUT2D eigenvalue weighted by Gasteiger charge is -2.27. The molecule has 0 bridgehead atoms. The summed E-state index contributed by atoms with van der Waals surface area (Å²) >= 11 is 0. The lowest BCUT2D eigenvalue weighted by Crippen LogP contribution is -3.00. The van der Waals surface area contributed by atoms with E-state index in [1.54, 1.807) is 0 Å². The number of aliphatic hydroxyl groups excluding tert-OH is 2. The number of quaternary nitrogens is 1. The smallest absolute Gasteiger partial charge is 0.105 e. The van der Waals surface area contributed by atoms with Gasteiger partial charge in [-0.1, -0.05) is 84.0 Å². The largest absolute Gasteiger partial charge is 1.00 e. The molecule has 0 saturated heterocycles. The van der Waals surface area contributed by atoms with Gasteiger partial charge in [0.2, 0.25) is 0 Å². The maximum atomic E-state index is 10.0. The zero-order chi connectivity index (χ0) is 18.3. The Hall–Kier alpha value is 0.170. The van der Waals surface area contributed by atoms with Crippen molar-refractivity contribution in [2.24, 2.45) is 0 Å². The fourth-order valence-corrected chi connectivity index (χ4v) is 3.36. The highest BCUT2D eigenvalue weighted by Crippen LogP contribution is 2.14. The maximum Gasteiger partial charge on any atom is 0.105 e. The summed E-state index contributed by atoms with van der Waals surface area (Å²) in [6.45, 7) is 2.97. The predicted molar refractivity (Wildman–Crippen MR) is 105 cm³/mol. The molecule has 4 heteroatoms. The molecular weight excluding hydrogens is 334 g/mol. The van der Waals surface area contributed by atoms with E-state index in [2.05, 4.69) is 28.1 Å². The molecule has 154 valence electrons. The lowest BCUT2D eigenvalue weighted by molar-refractivity contribution is -0.873. The van der Waals surface area contributed by atoms with Gasteiger partial charge in [-0.3, -0.25) is 0 Å². The number of aliphatic hydroxyl groups is 2.